The van der Waals surface area contributed by atoms with Gasteiger partial charge in [-0.3, -0.25) is 0 Å². The van der Waals surface area contributed by atoms with E-state index >= 15 is 0 Å². The molecule has 13 heavy (non-hydrogen) atoms. The number of carbonyl (C=O) groups excluding carboxylic acids is 1. The maximum absolute atomic E-state index is 10.4. The number of amides is 2. The highest BCUT2D eigenvalue weighted by Crippen LogP contribution is 2.27. The molecule has 0 bridgehead atoms. The minimum atomic E-state index is -0.605. The molecule has 2 amide bonds. The Kier molecular flexibility index (Phi) is 3.06. The van der Waals surface area contributed by atoms with Crippen LogP contribution in [0.2, 0.25) is 0 Å². The molecule has 4 nitrogen and oxygen atoms in total. The monoisotopic (exact) mass is 181 g/mol. The number of primary amides is 1. The molecule has 0 unspecified atom stereocenters. The Morgan fingerprint density at radius 2 is 2.46 bits per heavy atom. The van der Waals surface area contributed by atoms with E-state index in [1.165, 1.54) is 5.57 Å². The van der Waals surface area contributed by atoms with Crippen LogP contribution in [0.5, 0.6) is 0 Å². The van der Waals surface area contributed by atoms with Crippen molar-refractivity contribution in [3.05, 3.63) is 12.2 Å². The van der Waals surface area contributed by atoms with Crippen LogP contribution in [0.1, 0.15) is 26.2 Å². The molecule has 1 fully saturated rings. The van der Waals surface area contributed by atoms with Gasteiger partial charge in [0.25, 0.3) is 0 Å². The van der Waals surface area contributed by atoms with E-state index in [2.05, 4.69) is 17.1 Å². The van der Waals surface area contributed by atoms with Gasteiger partial charge in [0, 0.05) is 5.71 Å². The number of hydrazone groups is 1. The largest absolute Gasteiger partial charge is 0.350 e. The molecule has 0 aliphatic heterocycles. The lowest BCUT2D eigenvalue weighted by Gasteiger charge is -2.05. The summed E-state index contributed by atoms with van der Waals surface area (Å²) < 4.78 is 0. The normalized spacial score (nSPS) is 24.7. The zero-order valence-corrected chi connectivity index (χ0v) is 7.84. The van der Waals surface area contributed by atoms with Gasteiger partial charge in [0.15, 0.2) is 0 Å². The second-order valence-corrected chi connectivity index (χ2v) is 3.44. The number of carbonyl (C=O) groups is 1. The molecule has 1 aliphatic rings. The van der Waals surface area contributed by atoms with Crippen molar-refractivity contribution in [2.45, 2.75) is 26.2 Å². The minimum absolute atomic E-state index is 0.522. The van der Waals surface area contributed by atoms with Crippen LogP contribution in [0.3, 0.4) is 0 Å². The lowest BCUT2D eigenvalue weighted by atomic mass is 10.0. The topological polar surface area (TPSA) is 67.5 Å². The van der Waals surface area contributed by atoms with Gasteiger partial charge >= 0.3 is 6.03 Å². The van der Waals surface area contributed by atoms with Crippen molar-refractivity contribution in [3.8, 4) is 0 Å². The lowest BCUT2D eigenvalue weighted by Crippen LogP contribution is -2.25. The fourth-order valence-corrected chi connectivity index (χ4v) is 1.49. The zero-order valence-electron chi connectivity index (χ0n) is 7.84. The number of nitrogens with zero attached hydrogens (tertiary/aromatic N) is 1. The molecule has 0 aromatic carbocycles. The lowest BCUT2D eigenvalue weighted by molar-refractivity contribution is 0.249. The third-order valence-electron chi connectivity index (χ3n) is 2.28. The van der Waals surface area contributed by atoms with E-state index in [4.69, 9.17) is 5.73 Å². The molecule has 0 radical (unpaired) electrons. The molecular weight excluding hydrogens is 166 g/mol. The molecule has 4 heteroatoms. The molecule has 0 aromatic rings. The summed E-state index contributed by atoms with van der Waals surface area (Å²) in [5.74, 6) is 0.522. The molecule has 1 atom stereocenters. The van der Waals surface area contributed by atoms with E-state index in [0.29, 0.717) is 5.92 Å². The van der Waals surface area contributed by atoms with Crippen molar-refractivity contribution >= 4 is 11.7 Å². The molecule has 0 aromatic heterocycles. The van der Waals surface area contributed by atoms with Crippen LogP contribution >= 0.6 is 0 Å². The van der Waals surface area contributed by atoms with Crippen molar-refractivity contribution < 1.29 is 4.79 Å². The summed E-state index contributed by atoms with van der Waals surface area (Å²) in [6, 6.07) is -0.605. The van der Waals surface area contributed by atoms with Crippen molar-refractivity contribution in [2.24, 2.45) is 16.8 Å². The number of hydrogen-bond donors (Lipinski definition) is 2. The van der Waals surface area contributed by atoms with Crippen LogP contribution in [-0.2, 0) is 0 Å². The Labute approximate surface area is 77.9 Å². The van der Waals surface area contributed by atoms with Crippen molar-refractivity contribution in [1.29, 1.82) is 0 Å². The highest BCUT2D eigenvalue weighted by molar-refractivity contribution is 5.88. The van der Waals surface area contributed by atoms with Gasteiger partial charge in [-0.25, -0.2) is 10.2 Å². The molecule has 0 saturated heterocycles. The van der Waals surface area contributed by atoms with Crippen molar-refractivity contribution in [1.82, 2.24) is 5.43 Å². The fourth-order valence-electron chi connectivity index (χ4n) is 1.49. The third kappa shape index (κ3) is 2.89. The van der Waals surface area contributed by atoms with Gasteiger partial charge in [-0.1, -0.05) is 12.2 Å². The molecular formula is C9H15N3O. The average molecular weight is 181 g/mol. The van der Waals surface area contributed by atoms with Gasteiger partial charge in [0.05, 0.1) is 0 Å². The first kappa shape index (κ1) is 9.77. The molecule has 1 aliphatic carbocycles. The maximum atomic E-state index is 10.4. The Balaban J connectivity index is 2.44. The summed E-state index contributed by atoms with van der Waals surface area (Å²) in [5, 5.41) is 3.91. The molecule has 1 saturated carbocycles. The summed E-state index contributed by atoms with van der Waals surface area (Å²) in [5.41, 5.74) is 9.33. The number of allylic oxidation sites excluding steroid dienone is 1. The molecule has 3 N–H and O–H groups in total. The second-order valence-electron chi connectivity index (χ2n) is 3.44. The van der Waals surface area contributed by atoms with Crippen molar-refractivity contribution in [3.63, 3.8) is 0 Å². The van der Waals surface area contributed by atoms with Crippen LogP contribution in [-0.4, -0.2) is 11.7 Å². The van der Waals surface area contributed by atoms with Crippen LogP contribution in [0, 0.1) is 5.92 Å². The van der Waals surface area contributed by atoms with Crippen LogP contribution in [0.15, 0.2) is 17.3 Å². The predicted octanol–water partition coefficient (Wildman–Crippen LogP) is 1.39. The van der Waals surface area contributed by atoms with Gasteiger partial charge in [-0.2, -0.15) is 5.10 Å². The van der Waals surface area contributed by atoms with E-state index in [9.17, 15) is 4.79 Å². The summed E-state index contributed by atoms with van der Waals surface area (Å²) in [4.78, 5) is 10.4. The molecule has 0 heterocycles. The quantitative estimate of drug-likeness (QED) is 0.490. The highest BCUT2D eigenvalue weighted by atomic mass is 16.2. The van der Waals surface area contributed by atoms with Crippen molar-refractivity contribution in [2.75, 3.05) is 0 Å². The van der Waals surface area contributed by atoms with E-state index < -0.39 is 6.03 Å². The van der Waals surface area contributed by atoms with E-state index in [1.54, 1.807) is 0 Å². The van der Waals surface area contributed by atoms with E-state index in [0.717, 1.165) is 25.0 Å². The average Bonchev–Trinajstić information content (AvgIpc) is 2.48. The van der Waals surface area contributed by atoms with Crippen LogP contribution in [0.4, 0.5) is 4.79 Å². The molecule has 1 rings (SSSR count). The van der Waals surface area contributed by atoms with E-state index in [-0.39, 0.29) is 0 Å². The summed E-state index contributed by atoms with van der Waals surface area (Å²) in [7, 11) is 0. The second kappa shape index (κ2) is 4.07. The first-order valence-corrected chi connectivity index (χ1v) is 4.36. The Morgan fingerprint density at radius 3 is 2.92 bits per heavy atom. The van der Waals surface area contributed by atoms with Gasteiger partial charge in [-0.05, 0) is 32.1 Å². The minimum Gasteiger partial charge on any atom is -0.350 e. The molecule has 72 valence electrons. The summed E-state index contributed by atoms with van der Waals surface area (Å²) in [6.07, 6.45) is 2.90. The number of hydrogen-bond acceptors (Lipinski definition) is 2. The number of rotatable bonds is 2. The Morgan fingerprint density at radius 1 is 1.77 bits per heavy atom. The highest BCUT2D eigenvalue weighted by Gasteiger charge is 2.20. The van der Waals surface area contributed by atoms with Gasteiger partial charge in [0.2, 0.25) is 0 Å². The number of nitrogens with one attached hydrogen (secondary N) is 1. The summed E-state index contributed by atoms with van der Waals surface area (Å²) in [6.45, 7) is 5.92. The first-order chi connectivity index (χ1) is 6.09. The predicted molar refractivity (Wildman–Crippen MR) is 52.3 cm³/mol. The zero-order chi connectivity index (χ0) is 9.84. The van der Waals surface area contributed by atoms with Gasteiger partial charge in [0.1, 0.15) is 0 Å². The van der Waals surface area contributed by atoms with Gasteiger partial charge in [-0.15, -0.1) is 0 Å². The Hall–Kier alpha value is -1.32. The first-order valence-electron chi connectivity index (χ1n) is 4.36. The maximum Gasteiger partial charge on any atom is 0.332 e. The van der Waals surface area contributed by atoms with E-state index in [1.807, 2.05) is 6.92 Å². The Bertz CT molecular complexity index is 258. The summed E-state index contributed by atoms with van der Waals surface area (Å²) >= 11 is 0. The third-order valence-corrected chi connectivity index (χ3v) is 2.28. The SMILES string of the molecule is C=C(C)[C@H]1CC/C(=N/NC(N)=O)C1. The van der Waals surface area contributed by atoms with Crippen LogP contribution < -0.4 is 11.2 Å². The number of nitrogens with two attached hydrogens (primary N) is 1. The fraction of sp³-hybridized carbons (Fsp3) is 0.556. The van der Waals surface area contributed by atoms with Crippen LogP contribution in [0.25, 0.3) is 0 Å². The smallest absolute Gasteiger partial charge is 0.332 e. The standard InChI is InChI=1S/C9H15N3O/c1-6(2)7-3-4-8(5-7)11-12-9(10)13/h7H,1,3-5H2,2H3,(H3,10,12,13)/b11-8-/t7-/m0/s1. The van der Waals surface area contributed by atoms with Gasteiger partial charge < -0.3 is 5.73 Å². The number of urea groups is 1. The molecule has 0 spiro atoms.